The van der Waals surface area contributed by atoms with Gasteiger partial charge in [-0.15, -0.1) is 0 Å². The van der Waals surface area contributed by atoms with Crippen LogP contribution in [0.4, 0.5) is 0 Å². The van der Waals surface area contributed by atoms with Gasteiger partial charge in [0, 0.05) is 5.92 Å². The van der Waals surface area contributed by atoms with Crippen molar-refractivity contribution in [3.05, 3.63) is 28.2 Å². The van der Waals surface area contributed by atoms with Gasteiger partial charge in [-0.25, -0.2) is 0 Å². The molecule has 0 nitrogen and oxygen atoms in total. The minimum atomic E-state index is 0. The van der Waals surface area contributed by atoms with Crippen LogP contribution in [-0.2, 0) is 0 Å². The first kappa shape index (κ1) is 11.5. The molecule has 0 spiro atoms. The molecular weight excluding hydrogens is 143 g/mol. The number of allylic oxidation sites excluding steroid dienone is 4. The normalized spacial score (nSPS) is 19.4. The van der Waals surface area contributed by atoms with Gasteiger partial charge in [0.15, 0.2) is 0 Å². The minimum absolute atomic E-state index is 0. The van der Waals surface area contributed by atoms with Crippen LogP contribution < -0.4 is 0 Å². The van der Waals surface area contributed by atoms with Crippen molar-refractivity contribution in [3.8, 4) is 0 Å². The fourth-order valence-electron chi connectivity index (χ4n) is 1.41. The molecule has 0 fully saturated rings. The summed E-state index contributed by atoms with van der Waals surface area (Å²) < 4.78 is 0. The van der Waals surface area contributed by atoms with Gasteiger partial charge in [0.2, 0.25) is 0 Å². The van der Waals surface area contributed by atoms with Gasteiger partial charge >= 0.3 is 29.6 Å². The van der Waals surface area contributed by atoms with Crippen molar-refractivity contribution in [1.82, 2.24) is 0 Å². The van der Waals surface area contributed by atoms with Crippen LogP contribution in [0.25, 0.3) is 0 Å². The van der Waals surface area contributed by atoms with Crippen LogP contribution in [0.3, 0.4) is 0 Å². The predicted molar refractivity (Wildman–Crippen MR) is 52.8 cm³/mol. The van der Waals surface area contributed by atoms with Gasteiger partial charge in [0.05, 0.1) is 0 Å². The zero-order valence-corrected chi connectivity index (χ0v) is 7.50. The van der Waals surface area contributed by atoms with Crippen molar-refractivity contribution >= 4 is 29.6 Å². The van der Waals surface area contributed by atoms with Crippen LogP contribution in [0.15, 0.2) is 22.3 Å². The quantitative estimate of drug-likeness (QED) is 0.477. The van der Waals surface area contributed by atoms with Gasteiger partial charge in [-0.3, -0.25) is 0 Å². The van der Waals surface area contributed by atoms with Gasteiger partial charge in [-0.2, -0.15) is 0 Å². The third-order valence-corrected chi connectivity index (χ3v) is 2.81. The second-order valence-electron chi connectivity index (χ2n) is 3.12. The van der Waals surface area contributed by atoms with Crippen molar-refractivity contribution in [2.24, 2.45) is 0 Å². The van der Waals surface area contributed by atoms with E-state index in [1.165, 1.54) is 28.2 Å². The number of rotatable bonds is 0. The summed E-state index contributed by atoms with van der Waals surface area (Å²) in [7, 11) is 0. The maximum atomic E-state index is 2.20. The van der Waals surface area contributed by atoms with E-state index in [1.54, 1.807) is 0 Å². The van der Waals surface area contributed by atoms with E-state index in [0.717, 1.165) is 0 Å². The van der Waals surface area contributed by atoms with E-state index in [0.29, 0.717) is 0 Å². The molecular formula is C10H16Na. The summed E-state index contributed by atoms with van der Waals surface area (Å²) in [5.41, 5.74) is 5.87. The van der Waals surface area contributed by atoms with Gasteiger partial charge < -0.3 is 0 Å². The topological polar surface area (TPSA) is 0 Å². The molecule has 0 saturated heterocycles. The van der Waals surface area contributed by atoms with E-state index in [-0.39, 0.29) is 29.6 Å². The van der Waals surface area contributed by atoms with E-state index in [4.69, 9.17) is 0 Å². The van der Waals surface area contributed by atoms with E-state index >= 15 is 0 Å². The average molecular weight is 159 g/mol. The second-order valence-corrected chi connectivity index (χ2v) is 3.12. The Morgan fingerprint density at radius 3 is 0.909 bits per heavy atom. The molecule has 0 aromatic heterocycles. The van der Waals surface area contributed by atoms with Crippen molar-refractivity contribution in [1.29, 1.82) is 0 Å². The zero-order chi connectivity index (χ0) is 7.89. The molecule has 0 heterocycles. The molecule has 0 atom stereocenters. The Bertz CT molecular complexity index is 197. The summed E-state index contributed by atoms with van der Waals surface area (Å²) in [5.74, 6) is 1.47. The van der Waals surface area contributed by atoms with Crippen molar-refractivity contribution in [2.75, 3.05) is 0 Å². The molecule has 0 aliphatic heterocycles. The summed E-state index contributed by atoms with van der Waals surface area (Å²) in [6.07, 6.45) is 0. The third kappa shape index (κ3) is 1.80. The molecule has 0 N–H and O–H groups in total. The zero-order valence-electron chi connectivity index (χ0n) is 7.50. The summed E-state index contributed by atoms with van der Waals surface area (Å²) in [6.45, 7) is 11.0. The molecule has 11 heavy (non-hydrogen) atoms. The predicted octanol–water partition coefficient (Wildman–Crippen LogP) is 2.62. The molecule has 0 amide bonds. The van der Waals surface area contributed by atoms with E-state index in [1.807, 2.05) is 0 Å². The second kappa shape index (κ2) is 3.93. The first-order chi connectivity index (χ1) is 4.55. The molecule has 0 unspecified atom stereocenters. The van der Waals surface area contributed by atoms with Crippen molar-refractivity contribution < 1.29 is 0 Å². The van der Waals surface area contributed by atoms with E-state index in [2.05, 4.69) is 34.6 Å². The van der Waals surface area contributed by atoms with E-state index in [9.17, 15) is 0 Å². The van der Waals surface area contributed by atoms with Gasteiger partial charge in [0.1, 0.15) is 0 Å². The summed E-state index contributed by atoms with van der Waals surface area (Å²) in [5, 5.41) is 0. The van der Waals surface area contributed by atoms with Crippen LogP contribution >= 0.6 is 0 Å². The molecule has 1 aliphatic carbocycles. The van der Waals surface area contributed by atoms with E-state index < -0.39 is 0 Å². The SMILES string of the molecule is C[C]1C(C)=C(C)C(C)=C1C.[NaH]. The monoisotopic (exact) mass is 159 g/mol. The summed E-state index contributed by atoms with van der Waals surface area (Å²) >= 11 is 0. The first-order valence-electron chi connectivity index (χ1n) is 3.75. The van der Waals surface area contributed by atoms with Gasteiger partial charge in [-0.05, 0) is 38.8 Å². The third-order valence-electron chi connectivity index (χ3n) is 2.81. The molecule has 57 valence electrons. The first-order valence-corrected chi connectivity index (χ1v) is 3.75. The Morgan fingerprint density at radius 2 is 0.818 bits per heavy atom. The molecule has 0 bridgehead atoms. The molecule has 1 radical (unpaired) electrons. The van der Waals surface area contributed by atoms with Crippen LogP contribution in [0.1, 0.15) is 34.6 Å². The van der Waals surface area contributed by atoms with Crippen molar-refractivity contribution in [2.45, 2.75) is 34.6 Å². The van der Waals surface area contributed by atoms with Gasteiger partial charge in [-0.1, -0.05) is 18.1 Å². The van der Waals surface area contributed by atoms with Crippen LogP contribution in [-0.4, -0.2) is 29.6 Å². The van der Waals surface area contributed by atoms with Crippen LogP contribution in [0.5, 0.6) is 0 Å². The van der Waals surface area contributed by atoms with Crippen LogP contribution in [0.2, 0.25) is 0 Å². The Kier molecular flexibility index (Phi) is 4.10. The van der Waals surface area contributed by atoms with Crippen molar-refractivity contribution in [3.63, 3.8) is 0 Å². The molecule has 1 heteroatoms. The average Bonchev–Trinajstić information content (AvgIpc) is 2.07. The molecule has 0 aromatic carbocycles. The fourth-order valence-corrected chi connectivity index (χ4v) is 1.41. The summed E-state index contributed by atoms with van der Waals surface area (Å²) in [4.78, 5) is 0. The fraction of sp³-hybridized carbons (Fsp3) is 0.500. The molecule has 0 aromatic rings. The Balaban J connectivity index is 0.000001000. The molecule has 0 saturated carbocycles. The number of hydrogen-bond acceptors (Lipinski definition) is 0. The standard InChI is InChI=1S/C10H15.Na.H/c1-6-7(2)9(4)10(5)8(6)3;;/h1-5H3;;. The number of hydrogen-bond donors (Lipinski definition) is 0. The molecule has 1 rings (SSSR count). The Morgan fingerprint density at radius 1 is 0.545 bits per heavy atom. The van der Waals surface area contributed by atoms with Gasteiger partial charge in [0.25, 0.3) is 0 Å². The Labute approximate surface area is 92.1 Å². The summed E-state index contributed by atoms with van der Waals surface area (Å²) in [6, 6.07) is 0. The Hall–Kier alpha value is 0.480. The maximum absolute atomic E-state index is 2.20. The molecule has 1 aliphatic rings. The van der Waals surface area contributed by atoms with Crippen LogP contribution in [0, 0.1) is 5.92 Å².